The van der Waals surface area contributed by atoms with Gasteiger partial charge in [-0.2, -0.15) is 0 Å². The van der Waals surface area contributed by atoms with Gasteiger partial charge < -0.3 is 9.47 Å². The van der Waals surface area contributed by atoms with E-state index in [2.05, 4.69) is 121 Å². The van der Waals surface area contributed by atoms with E-state index in [4.69, 9.17) is 0 Å². The Labute approximate surface area is 175 Å². The van der Waals surface area contributed by atoms with Gasteiger partial charge in [0.15, 0.2) is 0 Å². The van der Waals surface area contributed by atoms with Crippen LogP contribution in [0.1, 0.15) is 0 Å². The van der Waals surface area contributed by atoms with Gasteiger partial charge >= 0.3 is 0 Å². The lowest BCUT2D eigenvalue weighted by molar-refractivity contribution is 1.01. The third kappa shape index (κ3) is 2.25. The molecule has 0 fully saturated rings. The molecule has 0 spiro atoms. The van der Waals surface area contributed by atoms with E-state index in [1.807, 2.05) is 0 Å². The number of hydrogen-bond acceptors (Lipinski definition) is 1. The first-order valence-corrected chi connectivity index (χ1v) is 10.3. The number of para-hydroxylation sites is 2. The van der Waals surface area contributed by atoms with E-state index in [0.29, 0.717) is 0 Å². The fourth-order valence-electron chi connectivity index (χ4n) is 5.00. The molecule has 0 aliphatic rings. The van der Waals surface area contributed by atoms with Gasteiger partial charge in [0.05, 0.1) is 16.7 Å². The Kier molecular flexibility index (Phi) is 3.63. The molecule has 6 rings (SSSR count). The molecule has 0 saturated carbocycles. The number of nitrogens with zero attached hydrogens (tertiary/aromatic N) is 2. The number of aryl methyl sites for hydroxylation is 1. The number of benzene rings is 5. The third-order valence-electron chi connectivity index (χ3n) is 6.37. The molecule has 1 aromatic heterocycles. The van der Waals surface area contributed by atoms with Crippen LogP contribution >= 0.6 is 0 Å². The van der Waals surface area contributed by atoms with Crippen molar-refractivity contribution in [3.05, 3.63) is 97.1 Å². The second-order valence-electron chi connectivity index (χ2n) is 7.94. The normalized spacial score (nSPS) is 11.7. The van der Waals surface area contributed by atoms with Crippen molar-refractivity contribution in [2.75, 3.05) is 11.9 Å². The van der Waals surface area contributed by atoms with Crippen LogP contribution in [-0.2, 0) is 7.05 Å². The minimum absolute atomic E-state index is 1.19. The molecule has 0 N–H and O–H groups in total. The highest BCUT2D eigenvalue weighted by Crippen LogP contribution is 2.43. The van der Waals surface area contributed by atoms with Crippen molar-refractivity contribution in [2.24, 2.45) is 7.05 Å². The molecule has 0 unspecified atom stereocenters. The highest BCUT2D eigenvalue weighted by molar-refractivity contribution is 6.32. The van der Waals surface area contributed by atoms with Crippen molar-refractivity contribution in [2.45, 2.75) is 0 Å². The Balaban J connectivity index is 1.83. The van der Waals surface area contributed by atoms with Gasteiger partial charge in [0.25, 0.3) is 0 Å². The van der Waals surface area contributed by atoms with Gasteiger partial charge in [0.1, 0.15) is 0 Å². The van der Waals surface area contributed by atoms with Gasteiger partial charge in [0.2, 0.25) is 0 Å². The number of anilines is 2. The first-order valence-electron chi connectivity index (χ1n) is 10.3. The molecule has 2 heteroatoms. The van der Waals surface area contributed by atoms with Crippen molar-refractivity contribution in [3.8, 4) is 0 Å². The number of fused-ring (bicyclic) bond motifs is 8. The van der Waals surface area contributed by atoms with Gasteiger partial charge in [-0.3, -0.25) is 0 Å². The van der Waals surface area contributed by atoms with Gasteiger partial charge in [-0.05, 0) is 34.4 Å². The molecule has 0 aliphatic carbocycles. The van der Waals surface area contributed by atoms with Crippen molar-refractivity contribution in [3.63, 3.8) is 0 Å². The molecule has 2 nitrogen and oxygen atoms in total. The van der Waals surface area contributed by atoms with Crippen LogP contribution in [0.4, 0.5) is 11.4 Å². The van der Waals surface area contributed by atoms with Crippen LogP contribution < -0.4 is 4.90 Å². The van der Waals surface area contributed by atoms with E-state index in [1.54, 1.807) is 0 Å². The molecule has 0 atom stereocenters. The maximum absolute atomic E-state index is 2.38. The van der Waals surface area contributed by atoms with Gasteiger partial charge in [-0.15, -0.1) is 0 Å². The maximum atomic E-state index is 2.38. The highest BCUT2D eigenvalue weighted by Gasteiger charge is 2.19. The summed E-state index contributed by atoms with van der Waals surface area (Å²) in [4.78, 5) is 2.28. The number of rotatable bonds is 2. The van der Waals surface area contributed by atoms with Crippen LogP contribution in [-0.4, -0.2) is 11.6 Å². The summed E-state index contributed by atoms with van der Waals surface area (Å²) in [6.07, 6.45) is 0. The SMILES string of the molecule is CN(c1ccccc1)c1cccc2c3c4ccccc4c4ccccc4c3n(C)c12. The number of aromatic nitrogens is 1. The third-order valence-corrected chi connectivity index (χ3v) is 6.37. The fraction of sp³-hybridized carbons (Fsp3) is 0.0714. The zero-order valence-corrected chi connectivity index (χ0v) is 17.1. The molecule has 0 saturated heterocycles. The first kappa shape index (κ1) is 17.1. The van der Waals surface area contributed by atoms with Crippen molar-refractivity contribution >= 4 is 54.7 Å². The summed E-state index contributed by atoms with van der Waals surface area (Å²) in [5.41, 5.74) is 4.96. The topological polar surface area (TPSA) is 8.17 Å². The zero-order chi connectivity index (χ0) is 20.2. The van der Waals surface area contributed by atoms with Gasteiger partial charge in [0, 0.05) is 35.9 Å². The molecule has 1 heterocycles. The van der Waals surface area contributed by atoms with E-state index in [9.17, 15) is 0 Å². The monoisotopic (exact) mass is 386 g/mol. The zero-order valence-electron chi connectivity index (χ0n) is 17.1. The Hall–Kier alpha value is -3.78. The Morgan fingerprint density at radius 2 is 1.10 bits per heavy atom. The Bertz CT molecular complexity index is 1560. The average Bonchev–Trinajstić information content (AvgIpc) is 3.12. The molecule has 0 aliphatic heterocycles. The van der Waals surface area contributed by atoms with Crippen molar-refractivity contribution < 1.29 is 0 Å². The van der Waals surface area contributed by atoms with Crippen LogP contribution in [0.2, 0.25) is 0 Å². The number of hydrogen-bond donors (Lipinski definition) is 0. The minimum Gasteiger partial charge on any atom is -0.343 e. The molecule has 6 aromatic rings. The minimum atomic E-state index is 1.19. The van der Waals surface area contributed by atoms with Crippen molar-refractivity contribution in [1.82, 2.24) is 4.57 Å². The van der Waals surface area contributed by atoms with E-state index in [-0.39, 0.29) is 0 Å². The molecular formula is C28H22N2. The Morgan fingerprint density at radius 3 is 1.83 bits per heavy atom. The fourth-order valence-corrected chi connectivity index (χ4v) is 5.00. The maximum Gasteiger partial charge on any atom is 0.0730 e. The second-order valence-corrected chi connectivity index (χ2v) is 7.94. The van der Waals surface area contributed by atoms with Crippen LogP contribution in [0.25, 0.3) is 43.4 Å². The van der Waals surface area contributed by atoms with Crippen molar-refractivity contribution in [1.29, 1.82) is 0 Å². The van der Waals surface area contributed by atoms with Crippen LogP contribution in [0.3, 0.4) is 0 Å². The van der Waals surface area contributed by atoms with Gasteiger partial charge in [-0.25, -0.2) is 0 Å². The largest absolute Gasteiger partial charge is 0.343 e. The molecule has 144 valence electrons. The van der Waals surface area contributed by atoms with E-state index in [1.165, 1.54) is 54.7 Å². The molecule has 0 amide bonds. The van der Waals surface area contributed by atoms with Crippen LogP contribution in [0, 0.1) is 0 Å². The lowest BCUT2D eigenvalue weighted by Crippen LogP contribution is -2.10. The average molecular weight is 386 g/mol. The lowest BCUT2D eigenvalue weighted by atomic mass is 9.97. The smallest absolute Gasteiger partial charge is 0.0730 e. The molecule has 5 aromatic carbocycles. The summed E-state index contributed by atoms with van der Waals surface area (Å²) in [7, 11) is 4.35. The van der Waals surface area contributed by atoms with E-state index >= 15 is 0 Å². The second kappa shape index (κ2) is 6.36. The molecular weight excluding hydrogens is 364 g/mol. The van der Waals surface area contributed by atoms with Crippen LogP contribution in [0.15, 0.2) is 97.1 Å². The Morgan fingerprint density at radius 1 is 0.533 bits per heavy atom. The summed E-state index contributed by atoms with van der Waals surface area (Å²) in [6, 6.07) is 34.8. The summed E-state index contributed by atoms with van der Waals surface area (Å²) < 4.78 is 2.38. The van der Waals surface area contributed by atoms with Gasteiger partial charge in [-0.1, -0.05) is 78.9 Å². The molecule has 0 bridgehead atoms. The molecule has 30 heavy (non-hydrogen) atoms. The summed E-state index contributed by atoms with van der Waals surface area (Å²) in [5.74, 6) is 0. The predicted octanol–water partition coefficient (Wildman–Crippen LogP) is 7.41. The summed E-state index contributed by atoms with van der Waals surface area (Å²) in [6.45, 7) is 0. The highest BCUT2D eigenvalue weighted by atomic mass is 15.1. The summed E-state index contributed by atoms with van der Waals surface area (Å²) >= 11 is 0. The van der Waals surface area contributed by atoms with E-state index < -0.39 is 0 Å². The lowest BCUT2D eigenvalue weighted by Gasteiger charge is -2.21. The van der Waals surface area contributed by atoms with Crippen LogP contribution in [0.5, 0.6) is 0 Å². The first-order chi connectivity index (χ1) is 14.8. The predicted molar refractivity (Wildman–Crippen MR) is 130 cm³/mol. The summed E-state index contributed by atoms with van der Waals surface area (Å²) in [5, 5.41) is 7.88. The quantitative estimate of drug-likeness (QED) is 0.281. The molecule has 0 radical (unpaired) electrons. The standard InChI is InChI=1S/C28H22N2/c1-29(19-11-4-3-5-12-19)25-18-10-17-24-26-22-15-8-6-13-20(22)21-14-7-9-16-23(21)28(26)30(2)27(24)25/h3-18H,1-2H3. The van der Waals surface area contributed by atoms with E-state index in [0.717, 1.165) is 0 Å².